The lowest BCUT2D eigenvalue weighted by Crippen LogP contribution is -2.51. The molecule has 0 aliphatic heterocycles. The van der Waals surface area contributed by atoms with Crippen LogP contribution in [0.5, 0.6) is 0 Å². The number of aliphatic hydroxyl groups is 5. The van der Waals surface area contributed by atoms with Crippen molar-refractivity contribution in [2.45, 2.75) is 37.4 Å². The molecule has 15 heavy (non-hydrogen) atoms. The number of nitrogens with two attached hydrogens (primary N) is 1. The minimum absolute atomic E-state index is 0.794. The van der Waals surface area contributed by atoms with Crippen molar-refractivity contribution in [1.29, 1.82) is 0 Å². The number of Topliss-reactive ketones (excluding diaryl/α,β-unsaturated/α-hetero) is 1. The van der Waals surface area contributed by atoms with E-state index in [2.05, 4.69) is 0 Å². The van der Waals surface area contributed by atoms with Crippen molar-refractivity contribution in [2.24, 2.45) is 5.73 Å². The summed E-state index contributed by atoms with van der Waals surface area (Å²) in [5.74, 6) is -0.855. The molecule has 0 spiro atoms. The molecular formula is C8H17NO6. The summed E-state index contributed by atoms with van der Waals surface area (Å²) in [6, 6.07) is -0.992. The minimum Gasteiger partial charge on any atom is -0.394 e. The van der Waals surface area contributed by atoms with E-state index < -0.39 is 42.8 Å². The molecule has 0 bridgehead atoms. The highest BCUT2D eigenvalue weighted by molar-refractivity contribution is 5.88. The topological polar surface area (TPSA) is 144 Å². The summed E-state index contributed by atoms with van der Waals surface area (Å²) in [5, 5.41) is 45.1. The van der Waals surface area contributed by atoms with Crippen LogP contribution >= 0.6 is 0 Å². The largest absolute Gasteiger partial charge is 0.394 e. The molecule has 7 N–H and O–H groups in total. The zero-order valence-corrected chi connectivity index (χ0v) is 8.32. The quantitative estimate of drug-likeness (QED) is 0.272. The van der Waals surface area contributed by atoms with Crippen LogP contribution in [-0.4, -0.2) is 68.4 Å². The Morgan fingerprint density at radius 3 is 2.00 bits per heavy atom. The van der Waals surface area contributed by atoms with Crippen molar-refractivity contribution in [3.8, 4) is 0 Å². The Morgan fingerprint density at radius 2 is 1.67 bits per heavy atom. The highest BCUT2D eigenvalue weighted by Crippen LogP contribution is 2.06. The molecule has 0 radical (unpaired) electrons. The average molecular weight is 223 g/mol. The first-order valence-corrected chi connectivity index (χ1v) is 4.45. The van der Waals surface area contributed by atoms with Crippen LogP contribution in [0.4, 0.5) is 0 Å². The fraction of sp³-hybridized carbons (Fsp3) is 0.875. The van der Waals surface area contributed by atoms with E-state index in [1.54, 1.807) is 0 Å². The van der Waals surface area contributed by atoms with E-state index in [-0.39, 0.29) is 0 Å². The van der Waals surface area contributed by atoms with Gasteiger partial charge in [0.1, 0.15) is 24.4 Å². The van der Waals surface area contributed by atoms with Gasteiger partial charge in [0.25, 0.3) is 0 Å². The normalized spacial score (nSPS) is 21.5. The molecular weight excluding hydrogens is 206 g/mol. The first-order valence-electron chi connectivity index (χ1n) is 4.45. The van der Waals surface area contributed by atoms with Gasteiger partial charge in [-0.1, -0.05) is 0 Å². The number of hydrogen-bond acceptors (Lipinski definition) is 7. The fourth-order valence-electron chi connectivity index (χ4n) is 0.960. The third-order valence-electron chi connectivity index (χ3n) is 1.99. The summed E-state index contributed by atoms with van der Waals surface area (Å²) < 4.78 is 0. The lowest BCUT2D eigenvalue weighted by molar-refractivity contribution is -0.147. The average Bonchev–Trinajstić information content (AvgIpc) is 2.23. The molecule has 0 fully saturated rings. The smallest absolute Gasteiger partial charge is 0.180 e. The monoisotopic (exact) mass is 223 g/mol. The van der Waals surface area contributed by atoms with Crippen molar-refractivity contribution in [3.05, 3.63) is 0 Å². The van der Waals surface area contributed by atoms with E-state index in [1.165, 1.54) is 6.92 Å². The predicted octanol–water partition coefficient (Wildman–Crippen LogP) is -3.66. The molecule has 0 aliphatic rings. The molecule has 0 amide bonds. The van der Waals surface area contributed by atoms with Gasteiger partial charge in [0.15, 0.2) is 5.78 Å². The third kappa shape index (κ3) is 3.82. The van der Waals surface area contributed by atoms with Gasteiger partial charge in [-0.2, -0.15) is 0 Å². The number of aliphatic hydroxyl groups excluding tert-OH is 5. The molecule has 7 heteroatoms. The molecule has 5 atom stereocenters. The Balaban J connectivity index is 4.43. The molecule has 0 aromatic carbocycles. The summed E-state index contributed by atoms with van der Waals surface area (Å²) in [4.78, 5) is 11.1. The van der Waals surface area contributed by atoms with Gasteiger partial charge in [-0.25, -0.2) is 0 Å². The molecule has 0 heterocycles. The van der Waals surface area contributed by atoms with Gasteiger partial charge in [0, 0.05) is 0 Å². The van der Waals surface area contributed by atoms with Crippen molar-refractivity contribution in [3.63, 3.8) is 0 Å². The van der Waals surface area contributed by atoms with Crippen LogP contribution < -0.4 is 5.73 Å². The predicted molar refractivity (Wildman–Crippen MR) is 49.8 cm³/mol. The highest BCUT2D eigenvalue weighted by atomic mass is 16.4. The molecule has 0 aliphatic carbocycles. The Kier molecular flexibility index (Phi) is 5.88. The van der Waals surface area contributed by atoms with Crippen LogP contribution in [0, 0.1) is 0 Å². The Morgan fingerprint density at radius 1 is 1.20 bits per heavy atom. The van der Waals surface area contributed by atoms with Crippen LogP contribution in [0.15, 0.2) is 0 Å². The summed E-state index contributed by atoms with van der Waals surface area (Å²) in [5.41, 5.74) is 5.17. The van der Waals surface area contributed by atoms with Gasteiger partial charge < -0.3 is 31.3 Å². The van der Waals surface area contributed by atoms with Gasteiger partial charge in [0.2, 0.25) is 0 Å². The molecule has 5 unspecified atom stereocenters. The highest BCUT2D eigenvalue weighted by Gasteiger charge is 2.34. The maximum Gasteiger partial charge on any atom is 0.180 e. The number of carbonyl (C=O) groups excluding carboxylic acids is 1. The van der Waals surface area contributed by atoms with Crippen LogP contribution in [0.25, 0.3) is 0 Å². The van der Waals surface area contributed by atoms with E-state index in [9.17, 15) is 20.1 Å². The zero-order chi connectivity index (χ0) is 12.2. The minimum atomic E-state index is -1.89. The second-order valence-corrected chi connectivity index (χ2v) is 3.37. The van der Waals surface area contributed by atoms with E-state index in [4.69, 9.17) is 15.9 Å². The molecule has 0 saturated heterocycles. The Hall–Kier alpha value is -0.570. The number of carbonyl (C=O) groups is 1. The van der Waals surface area contributed by atoms with Crippen LogP contribution in [-0.2, 0) is 4.79 Å². The number of hydrogen-bond donors (Lipinski definition) is 6. The number of ketones is 1. The first kappa shape index (κ1) is 14.4. The van der Waals surface area contributed by atoms with Crippen molar-refractivity contribution < 1.29 is 30.3 Å². The second kappa shape index (κ2) is 6.11. The van der Waals surface area contributed by atoms with E-state index >= 15 is 0 Å². The first-order chi connectivity index (χ1) is 6.82. The molecule has 0 aromatic rings. The standard InChI is InChI=1S/C8H17NO6/c1-3(9)5(12)7(14)8(15)6(13)4(11)2-10/h3-4,6-8,10-11,13-15H,2,9H2,1H3. The summed E-state index contributed by atoms with van der Waals surface area (Å²) >= 11 is 0. The number of rotatable bonds is 6. The van der Waals surface area contributed by atoms with Gasteiger partial charge in [-0.05, 0) is 6.92 Å². The van der Waals surface area contributed by atoms with Crippen LogP contribution in [0.1, 0.15) is 6.92 Å². The Bertz CT molecular complexity index is 209. The summed E-state index contributed by atoms with van der Waals surface area (Å²) in [6.07, 6.45) is -7.21. The van der Waals surface area contributed by atoms with E-state index in [1.807, 2.05) is 0 Å². The molecule has 7 nitrogen and oxygen atoms in total. The second-order valence-electron chi connectivity index (χ2n) is 3.37. The molecule has 0 saturated carbocycles. The Labute approximate surface area is 86.8 Å². The van der Waals surface area contributed by atoms with Gasteiger partial charge in [-0.15, -0.1) is 0 Å². The lowest BCUT2D eigenvalue weighted by Gasteiger charge is -2.25. The van der Waals surface area contributed by atoms with Crippen LogP contribution in [0.2, 0.25) is 0 Å². The summed E-state index contributed by atoms with van der Waals surface area (Å²) in [7, 11) is 0. The SMILES string of the molecule is CC(N)C(=O)C(O)C(O)C(O)C(O)CO. The van der Waals surface area contributed by atoms with Crippen molar-refractivity contribution >= 4 is 5.78 Å². The van der Waals surface area contributed by atoms with Crippen LogP contribution in [0.3, 0.4) is 0 Å². The van der Waals surface area contributed by atoms with E-state index in [0.717, 1.165) is 0 Å². The fourth-order valence-corrected chi connectivity index (χ4v) is 0.960. The van der Waals surface area contributed by atoms with Gasteiger partial charge in [-0.3, -0.25) is 4.79 Å². The maximum absolute atomic E-state index is 11.1. The molecule has 0 aromatic heterocycles. The zero-order valence-electron chi connectivity index (χ0n) is 8.32. The molecule has 0 rings (SSSR count). The van der Waals surface area contributed by atoms with Gasteiger partial charge >= 0.3 is 0 Å². The van der Waals surface area contributed by atoms with Gasteiger partial charge in [0.05, 0.1) is 12.6 Å². The maximum atomic E-state index is 11.1. The lowest BCUT2D eigenvalue weighted by atomic mass is 9.98. The third-order valence-corrected chi connectivity index (χ3v) is 1.99. The van der Waals surface area contributed by atoms with E-state index in [0.29, 0.717) is 0 Å². The summed E-state index contributed by atoms with van der Waals surface area (Å²) in [6.45, 7) is 0.518. The molecule has 90 valence electrons. The van der Waals surface area contributed by atoms with Crippen molar-refractivity contribution in [1.82, 2.24) is 0 Å². The van der Waals surface area contributed by atoms with Crippen molar-refractivity contribution in [2.75, 3.05) is 6.61 Å².